The van der Waals surface area contributed by atoms with Gasteiger partial charge >= 0.3 is 0 Å². The summed E-state index contributed by atoms with van der Waals surface area (Å²) in [5.74, 6) is -0.344. The van der Waals surface area contributed by atoms with Gasteiger partial charge in [0.1, 0.15) is 11.6 Å². The van der Waals surface area contributed by atoms with E-state index in [0.29, 0.717) is 32.2 Å². The average molecular weight is 413 g/mol. The van der Waals surface area contributed by atoms with E-state index < -0.39 is 15.8 Å². The molecule has 29 heavy (non-hydrogen) atoms. The van der Waals surface area contributed by atoms with Crippen LogP contribution >= 0.6 is 0 Å². The molecular weight excluding hydrogens is 393 g/mol. The Labute approximate surface area is 168 Å². The van der Waals surface area contributed by atoms with Crippen LogP contribution in [-0.4, -0.2) is 24.1 Å². The lowest BCUT2D eigenvalue weighted by Gasteiger charge is -2.25. The minimum atomic E-state index is -3.76. The van der Waals surface area contributed by atoms with Crippen molar-refractivity contribution in [2.45, 2.75) is 43.2 Å². The van der Waals surface area contributed by atoms with E-state index in [1.54, 1.807) is 12.1 Å². The van der Waals surface area contributed by atoms with E-state index in [4.69, 9.17) is 5.26 Å². The second-order valence-electron chi connectivity index (χ2n) is 7.20. The van der Waals surface area contributed by atoms with Crippen LogP contribution in [0.15, 0.2) is 47.4 Å². The van der Waals surface area contributed by atoms with Gasteiger partial charge < -0.3 is 9.67 Å². The van der Waals surface area contributed by atoms with Gasteiger partial charge in [-0.1, -0.05) is 0 Å². The normalized spacial score (nSPS) is 16.5. The van der Waals surface area contributed by atoms with Gasteiger partial charge in [-0.05, 0) is 67.3 Å². The number of nitrogens with zero attached hydrogens (tertiary/aromatic N) is 2. The van der Waals surface area contributed by atoms with E-state index in [1.165, 1.54) is 12.1 Å². The molecule has 0 bridgehead atoms. The number of aromatic hydroxyl groups is 1. The van der Waals surface area contributed by atoms with Crippen molar-refractivity contribution in [1.29, 1.82) is 5.26 Å². The summed E-state index contributed by atoms with van der Waals surface area (Å²) < 4.78 is 43.3. The number of hydrogen-bond acceptors (Lipinski definition) is 4. The molecule has 1 aromatic heterocycles. The fourth-order valence-corrected chi connectivity index (χ4v) is 5.33. The molecule has 6 nitrogen and oxygen atoms in total. The number of phenolic OH excluding ortho intramolecular Hbond substituents is 1. The van der Waals surface area contributed by atoms with E-state index >= 15 is 0 Å². The maximum absolute atomic E-state index is 13.1. The monoisotopic (exact) mass is 413 g/mol. The predicted octanol–water partition coefficient (Wildman–Crippen LogP) is 3.24. The molecule has 0 saturated heterocycles. The van der Waals surface area contributed by atoms with E-state index in [-0.39, 0.29) is 16.7 Å². The molecule has 1 heterocycles. The first-order valence-corrected chi connectivity index (χ1v) is 10.8. The molecule has 3 aromatic rings. The lowest BCUT2D eigenvalue weighted by Crippen LogP contribution is -2.39. The lowest BCUT2D eigenvalue weighted by atomic mass is 9.92. The SMILES string of the molecule is N#CCCn1c2c(c3cc(O)ccc31)CC(NS(=O)(=O)c1ccc(F)cc1)CC2. The Morgan fingerprint density at radius 1 is 1.24 bits per heavy atom. The Hall–Kier alpha value is -2.89. The Morgan fingerprint density at radius 3 is 2.72 bits per heavy atom. The van der Waals surface area contributed by atoms with Crippen molar-refractivity contribution in [3.05, 3.63) is 59.5 Å². The average Bonchev–Trinajstić information content (AvgIpc) is 2.98. The van der Waals surface area contributed by atoms with Gasteiger partial charge in [0.05, 0.1) is 17.4 Å². The summed E-state index contributed by atoms with van der Waals surface area (Å²) in [7, 11) is -3.76. The first kappa shape index (κ1) is 19.4. The van der Waals surface area contributed by atoms with Crippen molar-refractivity contribution in [2.75, 3.05) is 0 Å². The molecule has 4 rings (SSSR count). The molecule has 0 amide bonds. The topological polar surface area (TPSA) is 95.1 Å². The van der Waals surface area contributed by atoms with Gasteiger partial charge in [0.25, 0.3) is 0 Å². The van der Waals surface area contributed by atoms with Crippen LogP contribution in [0.25, 0.3) is 10.9 Å². The number of aryl methyl sites for hydroxylation is 1. The van der Waals surface area contributed by atoms with E-state index in [2.05, 4.69) is 15.4 Å². The van der Waals surface area contributed by atoms with Crippen LogP contribution in [0, 0.1) is 17.1 Å². The molecule has 1 atom stereocenters. The highest BCUT2D eigenvalue weighted by Crippen LogP contribution is 2.34. The van der Waals surface area contributed by atoms with Gasteiger partial charge in [0.15, 0.2) is 0 Å². The van der Waals surface area contributed by atoms with Crippen molar-refractivity contribution in [3.8, 4) is 11.8 Å². The van der Waals surface area contributed by atoms with Crippen LogP contribution in [0.2, 0.25) is 0 Å². The Balaban J connectivity index is 1.66. The first-order chi connectivity index (χ1) is 13.9. The summed E-state index contributed by atoms with van der Waals surface area (Å²) in [6.45, 7) is 0.555. The highest BCUT2D eigenvalue weighted by Gasteiger charge is 2.28. The number of aromatic nitrogens is 1. The fourth-order valence-electron chi connectivity index (χ4n) is 4.06. The number of nitrogens with one attached hydrogen (secondary N) is 1. The molecular formula is C21H20FN3O3S. The van der Waals surface area contributed by atoms with Gasteiger partial charge in [0, 0.05) is 29.2 Å². The molecule has 8 heteroatoms. The van der Waals surface area contributed by atoms with Crippen LogP contribution < -0.4 is 4.72 Å². The van der Waals surface area contributed by atoms with Gasteiger partial charge in [-0.3, -0.25) is 0 Å². The summed E-state index contributed by atoms with van der Waals surface area (Å²) in [5.41, 5.74) is 3.01. The zero-order valence-electron chi connectivity index (χ0n) is 15.6. The zero-order chi connectivity index (χ0) is 20.6. The zero-order valence-corrected chi connectivity index (χ0v) is 16.4. The van der Waals surface area contributed by atoms with Crippen LogP contribution in [0.3, 0.4) is 0 Å². The maximum Gasteiger partial charge on any atom is 0.240 e. The summed E-state index contributed by atoms with van der Waals surface area (Å²) in [4.78, 5) is 0.0267. The molecule has 0 spiro atoms. The van der Waals surface area contributed by atoms with Crippen molar-refractivity contribution in [2.24, 2.45) is 0 Å². The van der Waals surface area contributed by atoms with Crippen molar-refractivity contribution in [3.63, 3.8) is 0 Å². The Bertz CT molecular complexity index is 1210. The number of benzene rings is 2. The first-order valence-electron chi connectivity index (χ1n) is 9.37. The van der Waals surface area contributed by atoms with Crippen LogP contribution in [0.4, 0.5) is 4.39 Å². The molecule has 150 valence electrons. The molecule has 0 saturated carbocycles. The minimum absolute atomic E-state index is 0.0267. The number of sulfonamides is 1. The highest BCUT2D eigenvalue weighted by molar-refractivity contribution is 7.89. The third kappa shape index (κ3) is 3.71. The third-order valence-corrected chi connectivity index (χ3v) is 6.88. The fraction of sp³-hybridized carbons (Fsp3) is 0.286. The summed E-state index contributed by atoms with van der Waals surface area (Å²) in [5, 5.41) is 19.8. The Kier molecular flexibility index (Phi) is 5.03. The number of phenols is 1. The number of hydrogen-bond donors (Lipinski definition) is 2. The third-order valence-electron chi connectivity index (χ3n) is 5.34. The number of rotatable bonds is 5. The van der Waals surface area contributed by atoms with Gasteiger partial charge in [0.2, 0.25) is 10.0 Å². The summed E-state index contributed by atoms with van der Waals surface area (Å²) >= 11 is 0. The molecule has 0 radical (unpaired) electrons. The molecule has 1 unspecified atom stereocenters. The van der Waals surface area contributed by atoms with Crippen molar-refractivity contribution >= 4 is 20.9 Å². The maximum atomic E-state index is 13.1. The van der Waals surface area contributed by atoms with Crippen molar-refractivity contribution in [1.82, 2.24) is 9.29 Å². The summed E-state index contributed by atoms with van der Waals surface area (Å²) in [6, 6.07) is 11.7. The van der Waals surface area contributed by atoms with Gasteiger partial charge in [-0.25, -0.2) is 17.5 Å². The number of nitriles is 1. The molecule has 0 fully saturated rings. The quantitative estimate of drug-likeness (QED) is 0.671. The van der Waals surface area contributed by atoms with Crippen LogP contribution in [0.5, 0.6) is 5.75 Å². The predicted molar refractivity (Wildman–Crippen MR) is 106 cm³/mol. The molecule has 1 aliphatic carbocycles. The van der Waals surface area contributed by atoms with Gasteiger partial charge in [-0.2, -0.15) is 5.26 Å². The number of fused-ring (bicyclic) bond motifs is 3. The molecule has 2 aromatic carbocycles. The highest BCUT2D eigenvalue weighted by atomic mass is 32.2. The molecule has 0 aliphatic heterocycles. The van der Waals surface area contributed by atoms with E-state index in [9.17, 15) is 17.9 Å². The lowest BCUT2D eigenvalue weighted by molar-refractivity contribution is 0.476. The second kappa shape index (κ2) is 7.50. The Morgan fingerprint density at radius 2 is 2.00 bits per heavy atom. The largest absolute Gasteiger partial charge is 0.508 e. The second-order valence-corrected chi connectivity index (χ2v) is 8.92. The number of halogens is 1. The van der Waals surface area contributed by atoms with Crippen LogP contribution in [0.1, 0.15) is 24.1 Å². The van der Waals surface area contributed by atoms with E-state index in [1.807, 2.05) is 6.07 Å². The van der Waals surface area contributed by atoms with Gasteiger partial charge in [-0.15, -0.1) is 0 Å². The molecule has 1 aliphatic rings. The molecule has 2 N–H and O–H groups in total. The van der Waals surface area contributed by atoms with E-state index in [0.717, 1.165) is 34.3 Å². The smallest absolute Gasteiger partial charge is 0.240 e. The standard InChI is InChI=1S/C21H20FN3O3S/c22-14-2-6-17(7-3-14)29(27,28)24-15-4-8-20-18(12-15)19-13-16(26)5-9-21(19)25(20)11-1-10-23/h2-3,5-7,9,13,15,24,26H,1,4,8,11-12H2. The minimum Gasteiger partial charge on any atom is -0.508 e. The summed E-state index contributed by atoms with van der Waals surface area (Å²) in [6.07, 6.45) is 2.13. The van der Waals surface area contributed by atoms with Crippen molar-refractivity contribution < 1.29 is 17.9 Å². The van der Waals surface area contributed by atoms with Crippen LogP contribution in [-0.2, 0) is 29.4 Å².